The van der Waals surface area contributed by atoms with Gasteiger partial charge in [-0.3, -0.25) is 0 Å². The van der Waals surface area contributed by atoms with Gasteiger partial charge in [0.15, 0.2) is 5.65 Å². The lowest BCUT2D eigenvalue weighted by Crippen LogP contribution is -1.94. The zero-order valence-electron chi connectivity index (χ0n) is 14.4. The average Bonchev–Trinajstić information content (AvgIpc) is 3.38. The van der Waals surface area contributed by atoms with Gasteiger partial charge >= 0.3 is 0 Å². The standard InChI is InChI=1S/C20H11N7S/c1-3-7-12(8-4-1)14-15-17-18(19-23-25-26-27(19)11-21-17)28-20(15)24-22-16(14)13-9-5-2-6-10-13/h1-11H. The van der Waals surface area contributed by atoms with Crippen LogP contribution in [0.25, 0.3) is 48.5 Å². The third-order valence-electron chi connectivity index (χ3n) is 4.69. The van der Waals surface area contributed by atoms with Crippen LogP contribution in [0.3, 0.4) is 0 Å². The maximum atomic E-state index is 4.65. The van der Waals surface area contributed by atoms with Crippen LogP contribution in [0.5, 0.6) is 0 Å². The number of rotatable bonds is 2. The lowest BCUT2D eigenvalue weighted by Gasteiger charge is -2.10. The molecule has 6 rings (SSSR count). The fourth-order valence-corrected chi connectivity index (χ4v) is 4.52. The van der Waals surface area contributed by atoms with Crippen LogP contribution in [0.2, 0.25) is 0 Å². The van der Waals surface area contributed by atoms with Gasteiger partial charge in [0, 0.05) is 16.5 Å². The molecule has 4 aromatic heterocycles. The van der Waals surface area contributed by atoms with Crippen molar-refractivity contribution in [2.24, 2.45) is 0 Å². The van der Waals surface area contributed by atoms with Gasteiger partial charge in [0.1, 0.15) is 21.6 Å². The Bertz CT molecular complexity index is 1460. The Balaban J connectivity index is 1.81. The van der Waals surface area contributed by atoms with Gasteiger partial charge in [-0.05, 0) is 16.0 Å². The lowest BCUT2D eigenvalue weighted by atomic mass is 9.97. The molecule has 0 bridgehead atoms. The van der Waals surface area contributed by atoms with Gasteiger partial charge in [0.05, 0.1) is 5.52 Å². The molecular formula is C20H11N7S. The first-order chi connectivity index (χ1) is 13.9. The van der Waals surface area contributed by atoms with Crippen LogP contribution in [0.4, 0.5) is 0 Å². The summed E-state index contributed by atoms with van der Waals surface area (Å²) in [6.07, 6.45) is 1.64. The molecule has 8 heteroatoms. The SMILES string of the molecule is c1ccc(-c2nnc3sc4c(ncn5nnnc45)c3c2-c2ccccc2)cc1. The van der Waals surface area contributed by atoms with E-state index < -0.39 is 0 Å². The molecule has 0 aliphatic rings. The van der Waals surface area contributed by atoms with E-state index in [2.05, 4.69) is 42.8 Å². The molecular weight excluding hydrogens is 370 g/mol. The summed E-state index contributed by atoms with van der Waals surface area (Å²) in [6.45, 7) is 0. The summed E-state index contributed by atoms with van der Waals surface area (Å²) in [5, 5.41) is 21.9. The maximum Gasteiger partial charge on any atom is 0.200 e. The molecule has 0 fully saturated rings. The highest BCUT2D eigenvalue weighted by Gasteiger charge is 2.21. The fourth-order valence-electron chi connectivity index (χ4n) is 3.46. The second kappa shape index (κ2) is 5.86. The van der Waals surface area contributed by atoms with E-state index in [0.717, 1.165) is 42.8 Å². The number of benzene rings is 2. The van der Waals surface area contributed by atoms with Gasteiger partial charge in [0.25, 0.3) is 0 Å². The number of fused-ring (bicyclic) bond motifs is 5. The normalized spacial score (nSPS) is 11.6. The number of thiophene rings is 1. The Morgan fingerprint density at radius 1 is 0.786 bits per heavy atom. The summed E-state index contributed by atoms with van der Waals surface area (Å²) >= 11 is 1.51. The van der Waals surface area contributed by atoms with Crippen molar-refractivity contribution in [1.82, 2.24) is 35.2 Å². The van der Waals surface area contributed by atoms with E-state index in [9.17, 15) is 0 Å². The fraction of sp³-hybridized carbons (Fsp3) is 0. The molecule has 132 valence electrons. The molecule has 28 heavy (non-hydrogen) atoms. The van der Waals surface area contributed by atoms with Crippen molar-refractivity contribution in [2.75, 3.05) is 0 Å². The molecule has 4 heterocycles. The molecule has 0 radical (unpaired) electrons. The molecule has 0 amide bonds. The summed E-state index contributed by atoms with van der Waals surface area (Å²) in [7, 11) is 0. The zero-order chi connectivity index (χ0) is 18.5. The third kappa shape index (κ3) is 2.15. The summed E-state index contributed by atoms with van der Waals surface area (Å²) in [4.78, 5) is 5.47. The van der Waals surface area contributed by atoms with Crippen molar-refractivity contribution in [3.05, 3.63) is 67.0 Å². The van der Waals surface area contributed by atoms with Gasteiger partial charge in [-0.15, -0.1) is 26.6 Å². The molecule has 0 saturated carbocycles. The highest BCUT2D eigenvalue weighted by Crippen LogP contribution is 2.42. The van der Waals surface area contributed by atoms with Crippen molar-refractivity contribution in [3.63, 3.8) is 0 Å². The van der Waals surface area contributed by atoms with E-state index in [4.69, 9.17) is 0 Å². The van der Waals surface area contributed by atoms with E-state index >= 15 is 0 Å². The summed E-state index contributed by atoms with van der Waals surface area (Å²) < 4.78 is 2.48. The molecule has 0 unspecified atom stereocenters. The molecule has 2 aromatic carbocycles. The van der Waals surface area contributed by atoms with E-state index in [0.29, 0.717) is 5.65 Å². The number of nitrogens with zero attached hydrogens (tertiary/aromatic N) is 7. The molecule has 0 aliphatic heterocycles. The van der Waals surface area contributed by atoms with E-state index in [1.54, 1.807) is 10.8 Å². The van der Waals surface area contributed by atoms with Gasteiger partial charge in [-0.1, -0.05) is 60.7 Å². The number of hydrogen-bond donors (Lipinski definition) is 0. The van der Waals surface area contributed by atoms with Crippen molar-refractivity contribution in [3.8, 4) is 22.4 Å². The average molecular weight is 381 g/mol. The molecule has 0 atom stereocenters. The third-order valence-corrected chi connectivity index (χ3v) is 5.75. The molecule has 0 saturated heterocycles. The molecule has 0 N–H and O–H groups in total. The maximum absolute atomic E-state index is 4.65. The lowest BCUT2D eigenvalue weighted by molar-refractivity contribution is 0.813. The van der Waals surface area contributed by atoms with Crippen molar-refractivity contribution < 1.29 is 0 Å². The van der Waals surface area contributed by atoms with E-state index in [1.807, 2.05) is 48.5 Å². The molecule has 0 aliphatic carbocycles. The van der Waals surface area contributed by atoms with Gasteiger partial charge < -0.3 is 0 Å². The molecule has 0 spiro atoms. The Kier molecular flexibility index (Phi) is 3.20. The predicted octanol–water partition coefficient (Wildman–Crippen LogP) is 4.01. The van der Waals surface area contributed by atoms with Crippen LogP contribution >= 0.6 is 11.3 Å². The van der Waals surface area contributed by atoms with Gasteiger partial charge in [-0.2, -0.15) is 4.52 Å². The quantitative estimate of drug-likeness (QED) is 0.451. The van der Waals surface area contributed by atoms with Crippen molar-refractivity contribution in [1.29, 1.82) is 0 Å². The van der Waals surface area contributed by atoms with Crippen LogP contribution in [-0.2, 0) is 0 Å². The highest BCUT2D eigenvalue weighted by molar-refractivity contribution is 7.26. The first-order valence-corrected chi connectivity index (χ1v) is 9.48. The Hall–Kier alpha value is -3.78. The van der Waals surface area contributed by atoms with E-state index in [-0.39, 0.29) is 0 Å². The van der Waals surface area contributed by atoms with Crippen LogP contribution in [0.15, 0.2) is 67.0 Å². The number of tetrazole rings is 1. The number of aromatic nitrogens is 7. The molecule has 6 aromatic rings. The zero-order valence-corrected chi connectivity index (χ0v) is 15.2. The predicted molar refractivity (Wildman–Crippen MR) is 108 cm³/mol. The van der Waals surface area contributed by atoms with Crippen molar-refractivity contribution in [2.45, 2.75) is 0 Å². The minimum Gasteiger partial charge on any atom is -0.234 e. The summed E-state index contributed by atoms with van der Waals surface area (Å²) in [5.74, 6) is 0. The second-order valence-electron chi connectivity index (χ2n) is 6.31. The topological polar surface area (TPSA) is 81.8 Å². The summed E-state index contributed by atoms with van der Waals surface area (Å²) in [6, 6.07) is 20.3. The highest BCUT2D eigenvalue weighted by atomic mass is 32.1. The van der Waals surface area contributed by atoms with Crippen LogP contribution in [-0.4, -0.2) is 35.2 Å². The van der Waals surface area contributed by atoms with Crippen LogP contribution < -0.4 is 0 Å². The number of hydrogen-bond acceptors (Lipinski definition) is 7. The first kappa shape index (κ1) is 15.3. The largest absolute Gasteiger partial charge is 0.234 e. The Morgan fingerprint density at radius 2 is 1.54 bits per heavy atom. The summed E-state index contributed by atoms with van der Waals surface area (Å²) in [5.41, 5.74) is 5.46. The Labute approximate surface area is 162 Å². The van der Waals surface area contributed by atoms with Crippen LogP contribution in [0, 0.1) is 0 Å². The van der Waals surface area contributed by atoms with Gasteiger partial charge in [0.2, 0.25) is 0 Å². The first-order valence-electron chi connectivity index (χ1n) is 8.66. The minimum atomic E-state index is 0.674. The molecule has 7 nitrogen and oxygen atoms in total. The van der Waals surface area contributed by atoms with Crippen LogP contribution in [0.1, 0.15) is 0 Å². The minimum absolute atomic E-state index is 0.674. The monoisotopic (exact) mass is 381 g/mol. The van der Waals surface area contributed by atoms with E-state index in [1.165, 1.54) is 11.3 Å². The second-order valence-corrected chi connectivity index (χ2v) is 7.31. The van der Waals surface area contributed by atoms with Crippen molar-refractivity contribution >= 4 is 37.4 Å². The smallest absolute Gasteiger partial charge is 0.200 e. The van der Waals surface area contributed by atoms with Gasteiger partial charge in [-0.25, -0.2) is 4.98 Å². The Morgan fingerprint density at radius 3 is 2.32 bits per heavy atom.